The van der Waals surface area contributed by atoms with Gasteiger partial charge in [0, 0.05) is 0 Å². The topological polar surface area (TPSA) is 37.3 Å². The number of hydrogen-bond acceptors (Lipinski definition) is 1. The predicted molar refractivity (Wildman–Crippen MR) is 59.1 cm³/mol. The van der Waals surface area contributed by atoms with Gasteiger partial charge >= 0.3 is 5.97 Å². The van der Waals surface area contributed by atoms with Gasteiger partial charge < -0.3 is 5.11 Å². The van der Waals surface area contributed by atoms with E-state index in [1.54, 1.807) is 0 Å². The van der Waals surface area contributed by atoms with Crippen LogP contribution >= 0.6 is 0 Å². The molecule has 0 saturated carbocycles. The second-order valence-electron chi connectivity index (χ2n) is 4.40. The Labute approximate surface area is 89.9 Å². The fourth-order valence-electron chi connectivity index (χ4n) is 2.37. The predicted octanol–water partition coefficient (Wildman–Crippen LogP) is 2.75. The number of carboxylic acid groups (broad SMARTS) is 1. The highest BCUT2D eigenvalue weighted by atomic mass is 16.4. The molecule has 0 fully saturated rings. The minimum atomic E-state index is -0.751. The van der Waals surface area contributed by atoms with Gasteiger partial charge in [-0.05, 0) is 41.9 Å². The molecule has 0 heterocycles. The normalized spacial score (nSPS) is 19.7. The average molecular weight is 204 g/mol. The van der Waals surface area contributed by atoms with Crippen LogP contribution in [0.15, 0.2) is 18.2 Å². The Morgan fingerprint density at radius 2 is 2.33 bits per heavy atom. The van der Waals surface area contributed by atoms with Crippen LogP contribution in [0.2, 0.25) is 0 Å². The standard InChI is InChI=1S/C13H16O2/c1-9-3-2-4-11-6-5-10(7-12(9)11)8-13(14)15/h5-7,9H,2-4,8H2,1H3,(H,14,15). The first-order chi connectivity index (χ1) is 7.16. The van der Waals surface area contributed by atoms with Crippen molar-refractivity contribution in [2.75, 3.05) is 0 Å². The van der Waals surface area contributed by atoms with Crippen LogP contribution in [-0.2, 0) is 17.6 Å². The smallest absolute Gasteiger partial charge is 0.307 e. The third-order valence-corrected chi connectivity index (χ3v) is 3.18. The second kappa shape index (κ2) is 4.05. The van der Waals surface area contributed by atoms with E-state index in [1.807, 2.05) is 6.07 Å². The van der Waals surface area contributed by atoms with Crippen LogP contribution in [0, 0.1) is 0 Å². The number of rotatable bonds is 2. The van der Waals surface area contributed by atoms with E-state index in [1.165, 1.54) is 24.0 Å². The second-order valence-corrected chi connectivity index (χ2v) is 4.40. The van der Waals surface area contributed by atoms with Crippen molar-refractivity contribution in [1.82, 2.24) is 0 Å². The van der Waals surface area contributed by atoms with E-state index in [9.17, 15) is 4.79 Å². The van der Waals surface area contributed by atoms with E-state index in [4.69, 9.17) is 5.11 Å². The number of aryl methyl sites for hydroxylation is 1. The van der Waals surface area contributed by atoms with E-state index < -0.39 is 5.97 Å². The van der Waals surface area contributed by atoms with Crippen LogP contribution in [0.5, 0.6) is 0 Å². The summed E-state index contributed by atoms with van der Waals surface area (Å²) < 4.78 is 0. The molecule has 0 aliphatic heterocycles. The number of hydrogen-bond donors (Lipinski definition) is 1. The summed E-state index contributed by atoms with van der Waals surface area (Å²) in [5, 5.41) is 8.74. The molecule has 0 bridgehead atoms. The van der Waals surface area contributed by atoms with Gasteiger partial charge in [0.15, 0.2) is 0 Å². The van der Waals surface area contributed by atoms with Crippen LogP contribution in [0.4, 0.5) is 0 Å². The molecule has 1 aromatic carbocycles. The van der Waals surface area contributed by atoms with Gasteiger partial charge in [0.1, 0.15) is 0 Å². The lowest BCUT2D eigenvalue weighted by Gasteiger charge is -2.22. The molecular formula is C13H16O2. The zero-order valence-electron chi connectivity index (χ0n) is 8.99. The Kier molecular flexibility index (Phi) is 2.76. The lowest BCUT2D eigenvalue weighted by molar-refractivity contribution is -0.136. The minimum absolute atomic E-state index is 0.139. The van der Waals surface area contributed by atoms with Crippen molar-refractivity contribution in [3.05, 3.63) is 34.9 Å². The highest BCUT2D eigenvalue weighted by molar-refractivity contribution is 5.70. The van der Waals surface area contributed by atoms with E-state index in [2.05, 4.69) is 19.1 Å². The van der Waals surface area contributed by atoms with Crippen molar-refractivity contribution in [3.63, 3.8) is 0 Å². The van der Waals surface area contributed by atoms with Gasteiger partial charge in [-0.2, -0.15) is 0 Å². The van der Waals surface area contributed by atoms with E-state index >= 15 is 0 Å². The summed E-state index contributed by atoms with van der Waals surface area (Å²) in [7, 11) is 0. The Bertz CT molecular complexity index is 382. The molecule has 1 atom stereocenters. The Balaban J connectivity index is 2.31. The zero-order chi connectivity index (χ0) is 10.8. The number of carbonyl (C=O) groups is 1. The Morgan fingerprint density at radius 1 is 1.53 bits per heavy atom. The van der Waals surface area contributed by atoms with Crippen molar-refractivity contribution in [1.29, 1.82) is 0 Å². The first kappa shape index (κ1) is 10.2. The van der Waals surface area contributed by atoms with Crippen LogP contribution in [0.3, 0.4) is 0 Å². The first-order valence-corrected chi connectivity index (χ1v) is 5.50. The monoisotopic (exact) mass is 204 g/mol. The minimum Gasteiger partial charge on any atom is -0.481 e. The summed E-state index contributed by atoms with van der Waals surface area (Å²) in [4.78, 5) is 10.6. The van der Waals surface area contributed by atoms with Gasteiger partial charge in [-0.3, -0.25) is 4.79 Å². The Hall–Kier alpha value is -1.31. The molecule has 0 saturated heterocycles. The van der Waals surface area contributed by atoms with E-state index in [-0.39, 0.29) is 6.42 Å². The molecule has 0 spiro atoms. The summed E-state index contributed by atoms with van der Waals surface area (Å²) in [6.45, 7) is 2.22. The molecule has 1 aliphatic rings. The highest BCUT2D eigenvalue weighted by Gasteiger charge is 2.16. The largest absolute Gasteiger partial charge is 0.481 e. The summed E-state index contributed by atoms with van der Waals surface area (Å²) in [5.41, 5.74) is 3.69. The molecule has 1 N–H and O–H groups in total. The molecule has 2 rings (SSSR count). The third-order valence-electron chi connectivity index (χ3n) is 3.18. The van der Waals surface area contributed by atoms with Crippen molar-refractivity contribution >= 4 is 5.97 Å². The molecule has 1 aliphatic carbocycles. The van der Waals surface area contributed by atoms with Gasteiger partial charge in [-0.15, -0.1) is 0 Å². The van der Waals surface area contributed by atoms with Gasteiger partial charge in [0.2, 0.25) is 0 Å². The molecule has 0 aromatic heterocycles. The lowest BCUT2D eigenvalue weighted by atomic mass is 9.83. The first-order valence-electron chi connectivity index (χ1n) is 5.50. The van der Waals surface area contributed by atoms with Crippen molar-refractivity contribution in [2.45, 2.75) is 38.5 Å². The summed E-state index contributed by atoms with van der Waals surface area (Å²) in [6.07, 6.45) is 3.77. The van der Waals surface area contributed by atoms with E-state index in [0.717, 1.165) is 12.0 Å². The lowest BCUT2D eigenvalue weighted by Crippen LogP contribution is -2.08. The maximum atomic E-state index is 10.6. The Morgan fingerprint density at radius 3 is 3.07 bits per heavy atom. The summed E-state index contributed by atoms with van der Waals surface area (Å²) >= 11 is 0. The van der Waals surface area contributed by atoms with Gasteiger partial charge in [-0.1, -0.05) is 25.1 Å². The van der Waals surface area contributed by atoms with Crippen molar-refractivity contribution < 1.29 is 9.90 Å². The maximum absolute atomic E-state index is 10.6. The quantitative estimate of drug-likeness (QED) is 0.804. The molecule has 0 amide bonds. The number of benzene rings is 1. The number of carboxylic acids is 1. The fourth-order valence-corrected chi connectivity index (χ4v) is 2.37. The summed E-state index contributed by atoms with van der Waals surface area (Å²) in [6, 6.07) is 6.13. The number of fused-ring (bicyclic) bond motifs is 1. The number of aliphatic carboxylic acids is 1. The van der Waals surface area contributed by atoms with Gasteiger partial charge in [0.25, 0.3) is 0 Å². The van der Waals surface area contributed by atoms with Crippen molar-refractivity contribution in [2.24, 2.45) is 0 Å². The highest BCUT2D eigenvalue weighted by Crippen LogP contribution is 2.31. The molecule has 1 unspecified atom stereocenters. The fraction of sp³-hybridized carbons (Fsp3) is 0.462. The molecule has 2 nitrogen and oxygen atoms in total. The average Bonchev–Trinajstić information content (AvgIpc) is 2.18. The molecule has 2 heteroatoms. The maximum Gasteiger partial charge on any atom is 0.307 e. The van der Waals surface area contributed by atoms with Crippen LogP contribution in [0.25, 0.3) is 0 Å². The molecule has 1 aromatic rings. The molecule has 0 radical (unpaired) electrons. The molecule has 80 valence electrons. The summed E-state index contributed by atoms with van der Waals surface area (Å²) in [5.74, 6) is -0.166. The zero-order valence-corrected chi connectivity index (χ0v) is 8.99. The van der Waals surface area contributed by atoms with Crippen LogP contribution in [0.1, 0.15) is 42.4 Å². The van der Waals surface area contributed by atoms with Crippen molar-refractivity contribution in [3.8, 4) is 0 Å². The van der Waals surface area contributed by atoms with Gasteiger partial charge in [-0.25, -0.2) is 0 Å². The van der Waals surface area contributed by atoms with E-state index in [0.29, 0.717) is 5.92 Å². The SMILES string of the molecule is CC1CCCc2ccc(CC(=O)O)cc21. The molecule has 15 heavy (non-hydrogen) atoms. The molecular weight excluding hydrogens is 188 g/mol. The van der Waals surface area contributed by atoms with Crippen LogP contribution < -0.4 is 0 Å². The van der Waals surface area contributed by atoms with Gasteiger partial charge in [0.05, 0.1) is 6.42 Å². The van der Waals surface area contributed by atoms with Crippen LogP contribution in [-0.4, -0.2) is 11.1 Å². The third kappa shape index (κ3) is 2.20.